The van der Waals surface area contributed by atoms with E-state index in [2.05, 4.69) is 5.10 Å². The van der Waals surface area contributed by atoms with Crippen molar-refractivity contribution in [3.8, 4) is 6.07 Å². The molecule has 80 valence electrons. The zero-order chi connectivity index (χ0) is 11.8. The lowest BCUT2D eigenvalue weighted by molar-refractivity contribution is -0.142. The molecule has 0 spiro atoms. The van der Waals surface area contributed by atoms with E-state index < -0.39 is 11.4 Å². The van der Waals surface area contributed by atoms with Gasteiger partial charge in [-0.05, 0) is 13.8 Å². The van der Waals surface area contributed by atoms with E-state index in [0.717, 1.165) is 0 Å². The normalized spacial score (nSPS) is 11.1. The lowest BCUT2D eigenvalue weighted by Gasteiger charge is -2.16. The first-order chi connectivity index (χ1) is 6.82. The lowest BCUT2D eigenvalue weighted by Crippen LogP contribution is -2.30. The fraction of sp³-hybridized carbons (Fsp3) is 0.444. The molecule has 0 atom stereocenters. The van der Waals surface area contributed by atoms with Gasteiger partial charge in [-0.1, -0.05) is 0 Å². The maximum Gasteiger partial charge on any atom is 0.315 e. The quantitative estimate of drug-likeness (QED) is 0.724. The second-order valence-electron chi connectivity index (χ2n) is 3.77. The Morgan fingerprint density at radius 1 is 1.67 bits per heavy atom. The van der Waals surface area contributed by atoms with Crippen molar-refractivity contribution in [2.24, 2.45) is 7.05 Å². The third-order valence-corrected chi connectivity index (χ3v) is 2.33. The van der Waals surface area contributed by atoms with Gasteiger partial charge in [-0.3, -0.25) is 9.48 Å². The smallest absolute Gasteiger partial charge is 0.315 e. The molecular formula is C9H12N4O2. The average molecular weight is 208 g/mol. The van der Waals surface area contributed by atoms with Crippen LogP contribution in [0, 0.1) is 11.3 Å². The number of carbonyl (C=O) groups is 1. The zero-order valence-electron chi connectivity index (χ0n) is 8.77. The summed E-state index contributed by atoms with van der Waals surface area (Å²) in [5, 5.41) is 21.9. The van der Waals surface area contributed by atoms with Gasteiger partial charge in [-0.15, -0.1) is 0 Å². The Morgan fingerprint density at radius 2 is 2.20 bits per heavy atom. The van der Waals surface area contributed by atoms with E-state index in [1.54, 1.807) is 7.05 Å². The first-order valence-electron chi connectivity index (χ1n) is 4.28. The minimum Gasteiger partial charge on any atom is -0.481 e. The Labute approximate surface area is 86.9 Å². The molecule has 0 saturated carbocycles. The second kappa shape index (κ2) is 3.28. The monoisotopic (exact) mass is 208 g/mol. The van der Waals surface area contributed by atoms with Gasteiger partial charge in [-0.25, -0.2) is 0 Å². The first kappa shape index (κ1) is 11.0. The van der Waals surface area contributed by atoms with Crippen molar-refractivity contribution < 1.29 is 9.90 Å². The van der Waals surface area contributed by atoms with Gasteiger partial charge in [0.05, 0.1) is 5.69 Å². The fourth-order valence-electron chi connectivity index (χ4n) is 1.19. The van der Waals surface area contributed by atoms with Crippen LogP contribution in [0.5, 0.6) is 0 Å². The number of nitriles is 1. The van der Waals surface area contributed by atoms with Gasteiger partial charge in [0.2, 0.25) is 0 Å². The molecule has 6 nitrogen and oxygen atoms in total. The minimum absolute atomic E-state index is 0.130. The van der Waals surface area contributed by atoms with Crippen LogP contribution in [0.1, 0.15) is 25.1 Å². The number of carboxylic acid groups (broad SMARTS) is 1. The summed E-state index contributed by atoms with van der Waals surface area (Å²) in [6, 6.07) is 1.87. The van der Waals surface area contributed by atoms with Gasteiger partial charge in [0.25, 0.3) is 0 Å². The Kier molecular flexibility index (Phi) is 2.41. The fourth-order valence-corrected chi connectivity index (χ4v) is 1.19. The van der Waals surface area contributed by atoms with E-state index >= 15 is 0 Å². The van der Waals surface area contributed by atoms with Crippen LogP contribution in [0.3, 0.4) is 0 Å². The van der Waals surface area contributed by atoms with Gasteiger partial charge in [0.15, 0.2) is 0 Å². The third-order valence-electron chi connectivity index (χ3n) is 2.33. The molecule has 0 amide bonds. The Balaban J connectivity index is 3.46. The van der Waals surface area contributed by atoms with Gasteiger partial charge < -0.3 is 10.8 Å². The summed E-state index contributed by atoms with van der Waals surface area (Å²) in [5.41, 5.74) is 4.70. The maximum absolute atomic E-state index is 11.0. The van der Waals surface area contributed by atoms with Crippen LogP contribution < -0.4 is 5.73 Å². The molecule has 0 aliphatic rings. The molecule has 15 heavy (non-hydrogen) atoms. The predicted octanol–water partition coefficient (Wildman–Crippen LogP) is 0.236. The third kappa shape index (κ3) is 1.52. The molecule has 0 fully saturated rings. The highest BCUT2D eigenvalue weighted by atomic mass is 16.4. The number of anilines is 1. The van der Waals surface area contributed by atoms with E-state index in [1.165, 1.54) is 18.5 Å². The molecule has 6 heteroatoms. The van der Waals surface area contributed by atoms with Crippen molar-refractivity contribution in [2.75, 3.05) is 5.73 Å². The molecule has 3 N–H and O–H groups in total. The molecule has 0 bridgehead atoms. The van der Waals surface area contributed by atoms with Crippen LogP contribution in [-0.2, 0) is 17.3 Å². The number of nitrogens with zero attached hydrogens (tertiary/aromatic N) is 3. The van der Waals surface area contributed by atoms with Crippen molar-refractivity contribution >= 4 is 11.8 Å². The van der Waals surface area contributed by atoms with Gasteiger partial charge in [-0.2, -0.15) is 10.4 Å². The van der Waals surface area contributed by atoms with Crippen molar-refractivity contribution in [1.29, 1.82) is 5.26 Å². The summed E-state index contributed by atoms with van der Waals surface area (Å²) in [4.78, 5) is 11.0. The minimum atomic E-state index is -1.22. The highest BCUT2D eigenvalue weighted by molar-refractivity contribution is 5.81. The summed E-state index contributed by atoms with van der Waals surface area (Å²) < 4.78 is 1.30. The average Bonchev–Trinajstić information content (AvgIpc) is 2.43. The number of aryl methyl sites for hydroxylation is 1. The van der Waals surface area contributed by atoms with Crippen molar-refractivity contribution in [3.05, 3.63) is 11.3 Å². The molecule has 1 aromatic rings. The van der Waals surface area contributed by atoms with Crippen LogP contribution in [0.4, 0.5) is 5.82 Å². The molecule has 0 saturated heterocycles. The lowest BCUT2D eigenvalue weighted by atomic mass is 9.87. The Morgan fingerprint density at radius 3 is 2.60 bits per heavy atom. The Bertz CT molecular complexity index is 453. The van der Waals surface area contributed by atoms with E-state index in [-0.39, 0.29) is 17.1 Å². The van der Waals surface area contributed by atoms with Gasteiger partial charge >= 0.3 is 5.97 Å². The number of aromatic nitrogens is 2. The van der Waals surface area contributed by atoms with Crippen molar-refractivity contribution in [1.82, 2.24) is 9.78 Å². The summed E-state index contributed by atoms with van der Waals surface area (Å²) in [7, 11) is 1.57. The molecule has 0 aliphatic heterocycles. The van der Waals surface area contributed by atoms with E-state index in [0.29, 0.717) is 0 Å². The number of rotatable bonds is 2. The second-order valence-corrected chi connectivity index (χ2v) is 3.77. The number of hydrogen-bond donors (Lipinski definition) is 2. The van der Waals surface area contributed by atoms with E-state index in [9.17, 15) is 4.79 Å². The van der Waals surface area contributed by atoms with Crippen LogP contribution >= 0.6 is 0 Å². The number of nitrogens with two attached hydrogens (primary N) is 1. The SMILES string of the molecule is Cn1nc(C(C)(C)C(=O)O)c(C#N)c1N. The van der Waals surface area contributed by atoms with E-state index in [4.69, 9.17) is 16.1 Å². The standard InChI is InChI=1S/C9H12N4O2/c1-9(2,8(14)15)6-5(4-10)7(11)13(3)12-6/h11H2,1-3H3,(H,14,15). The molecular weight excluding hydrogens is 196 g/mol. The van der Waals surface area contributed by atoms with Crippen molar-refractivity contribution in [2.45, 2.75) is 19.3 Å². The molecule has 1 aromatic heterocycles. The molecule has 0 unspecified atom stereocenters. The number of carboxylic acids is 1. The van der Waals surface area contributed by atoms with Crippen LogP contribution in [-0.4, -0.2) is 20.9 Å². The largest absolute Gasteiger partial charge is 0.481 e. The highest BCUT2D eigenvalue weighted by Gasteiger charge is 2.36. The van der Waals surface area contributed by atoms with Gasteiger partial charge in [0.1, 0.15) is 22.9 Å². The highest BCUT2D eigenvalue weighted by Crippen LogP contribution is 2.28. The summed E-state index contributed by atoms with van der Waals surface area (Å²) in [5.74, 6) is -0.862. The molecule has 0 radical (unpaired) electrons. The maximum atomic E-state index is 11.0. The van der Waals surface area contributed by atoms with Crippen LogP contribution in [0.2, 0.25) is 0 Å². The van der Waals surface area contributed by atoms with Crippen molar-refractivity contribution in [3.63, 3.8) is 0 Å². The number of hydrogen-bond acceptors (Lipinski definition) is 4. The van der Waals surface area contributed by atoms with Crippen LogP contribution in [0.15, 0.2) is 0 Å². The van der Waals surface area contributed by atoms with Gasteiger partial charge in [0, 0.05) is 7.05 Å². The molecule has 1 heterocycles. The number of nitrogen functional groups attached to an aromatic ring is 1. The molecule has 0 aromatic carbocycles. The summed E-state index contributed by atoms with van der Waals surface area (Å²) >= 11 is 0. The number of aliphatic carboxylic acids is 1. The predicted molar refractivity (Wildman–Crippen MR) is 53.0 cm³/mol. The topological polar surface area (TPSA) is 105 Å². The summed E-state index contributed by atoms with van der Waals surface area (Å²) in [6.07, 6.45) is 0. The first-order valence-corrected chi connectivity index (χ1v) is 4.28. The molecule has 1 rings (SSSR count). The van der Waals surface area contributed by atoms with E-state index in [1.807, 2.05) is 6.07 Å². The zero-order valence-corrected chi connectivity index (χ0v) is 8.77. The van der Waals surface area contributed by atoms with Crippen LogP contribution in [0.25, 0.3) is 0 Å². The Hall–Kier alpha value is -2.03. The molecule has 0 aliphatic carbocycles. The summed E-state index contributed by atoms with van der Waals surface area (Å²) in [6.45, 7) is 2.97.